The van der Waals surface area contributed by atoms with E-state index in [1.807, 2.05) is 5.43 Å². The van der Waals surface area contributed by atoms with Crippen LogP contribution in [-0.2, 0) is 11.0 Å². The molecule has 1 aromatic rings. The van der Waals surface area contributed by atoms with E-state index >= 15 is 0 Å². The fraction of sp³-hybridized carbons (Fsp3) is 0.417. The lowest BCUT2D eigenvalue weighted by atomic mass is 9.96. The molecule has 1 amide bonds. The molecule has 0 heterocycles. The van der Waals surface area contributed by atoms with Crippen LogP contribution in [0, 0.1) is 5.41 Å². The summed E-state index contributed by atoms with van der Waals surface area (Å²) < 4.78 is 37.6. The smallest absolute Gasteiger partial charge is 0.294 e. The van der Waals surface area contributed by atoms with Gasteiger partial charge in [0.1, 0.15) is 0 Å². The van der Waals surface area contributed by atoms with Gasteiger partial charge in [0, 0.05) is 10.6 Å². The molecule has 0 fully saturated rings. The number of benzene rings is 1. The lowest BCUT2D eigenvalue weighted by Gasteiger charge is -2.21. The third kappa shape index (κ3) is 4.43. The van der Waals surface area contributed by atoms with Crippen LogP contribution in [0.15, 0.2) is 29.2 Å². The van der Waals surface area contributed by atoms with Crippen LogP contribution in [0.3, 0.4) is 0 Å². The number of hydrogen-bond acceptors (Lipinski definition) is 3. The first-order chi connectivity index (χ1) is 8.66. The van der Waals surface area contributed by atoms with Gasteiger partial charge >= 0.3 is 6.18 Å². The van der Waals surface area contributed by atoms with Crippen LogP contribution in [0.4, 0.5) is 13.2 Å². The van der Waals surface area contributed by atoms with Gasteiger partial charge < -0.3 is 0 Å². The van der Waals surface area contributed by atoms with Gasteiger partial charge in [0.25, 0.3) is 0 Å². The minimum atomic E-state index is -4.36. The van der Waals surface area contributed by atoms with Gasteiger partial charge in [-0.3, -0.25) is 10.2 Å². The van der Waals surface area contributed by atoms with E-state index in [2.05, 4.69) is 0 Å². The summed E-state index contributed by atoms with van der Waals surface area (Å²) in [6, 6.07) is 5.01. The van der Waals surface area contributed by atoms with Crippen molar-refractivity contribution in [1.82, 2.24) is 5.43 Å². The van der Waals surface area contributed by atoms with Gasteiger partial charge in [0.15, 0.2) is 0 Å². The lowest BCUT2D eigenvalue weighted by Crippen LogP contribution is -2.42. The van der Waals surface area contributed by atoms with Crippen molar-refractivity contribution in [2.24, 2.45) is 11.3 Å². The van der Waals surface area contributed by atoms with Crippen molar-refractivity contribution in [2.45, 2.75) is 24.9 Å². The molecule has 19 heavy (non-hydrogen) atoms. The fourth-order valence-corrected chi connectivity index (χ4v) is 2.33. The van der Waals surface area contributed by atoms with Gasteiger partial charge in [-0.05, 0) is 18.2 Å². The Bertz CT molecular complexity index is 461. The molecule has 1 rings (SSSR count). The number of nitrogens with one attached hydrogen (secondary N) is 1. The van der Waals surface area contributed by atoms with Gasteiger partial charge in [-0.2, -0.15) is 13.2 Å². The molecule has 3 nitrogen and oxygen atoms in total. The summed E-state index contributed by atoms with van der Waals surface area (Å²) in [5.41, 5.74) is 0.593. The van der Waals surface area contributed by atoms with E-state index in [0.717, 1.165) is 12.1 Å². The van der Waals surface area contributed by atoms with Crippen LogP contribution in [0.5, 0.6) is 0 Å². The van der Waals surface area contributed by atoms with E-state index in [1.165, 1.54) is 17.8 Å². The lowest BCUT2D eigenvalue weighted by molar-refractivity contribution is -0.137. The molecule has 0 bridgehead atoms. The number of rotatable bonds is 4. The summed E-state index contributed by atoms with van der Waals surface area (Å²) in [6.07, 6.45) is -4.36. The minimum Gasteiger partial charge on any atom is -0.294 e. The van der Waals surface area contributed by atoms with E-state index in [9.17, 15) is 18.0 Å². The Morgan fingerprint density at radius 3 is 2.53 bits per heavy atom. The van der Waals surface area contributed by atoms with Crippen molar-refractivity contribution in [2.75, 3.05) is 5.75 Å². The highest BCUT2D eigenvalue weighted by Gasteiger charge is 2.31. The van der Waals surface area contributed by atoms with Crippen LogP contribution in [0.25, 0.3) is 0 Å². The minimum absolute atomic E-state index is 0.331. The van der Waals surface area contributed by atoms with Crippen molar-refractivity contribution in [3.05, 3.63) is 29.8 Å². The van der Waals surface area contributed by atoms with Crippen LogP contribution in [0.2, 0.25) is 0 Å². The van der Waals surface area contributed by atoms with E-state index in [-0.39, 0.29) is 5.91 Å². The standard InChI is InChI=1S/C12H15F3N2OS/c1-11(2,10(18)17-16)7-19-9-5-3-4-8(6-9)12(13,14)15/h3-6H,7,16H2,1-2H3,(H,17,18). The number of nitrogens with two attached hydrogens (primary N) is 1. The molecule has 0 aliphatic rings. The molecule has 0 atom stereocenters. The molecule has 0 aliphatic carbocycles. The van der Waals surface area contributed by atoms with Crippen molar-refractivity contribution >= 4 is 17.7 Å². The Labute approximate surface area is 113 Å². The Morgan fingerprint density at radius 1 is 1.37 bits per heavy atom. The van der Waals surface area contributed by atoms with Crippen molar-refractivity contribution < 1.29 is 18.0 Å². The van der Waals surface area contributed by atoms with Crippen molar-refractivity contribution in [3.8, 4) is 0 Å². The summed E-state index contributed by atoms with van der Waals surface area (Å²) in [5.74, 6) is 5.03. The largest absolute Gasteiger partial charge is 0.416 e. The van der Waals surface area contributed by atoms with E-state index < -0.39 is 17.2 Å². The molecule has 1 aromatic carbocycles. The zero-order valence-corrected chi connectivity index (χ0v) is 11.4. The van der Waals surface area contributed by atoms with Crippen LogP contribution < -0.4 is 11.3 Å². The molecule has 0 saturated carbocycles. The monoisotopic (exact) mass is 292 g/mol. The zero-order chi connectivity index (χ0) is 14.7. The fourth-order valence-electron chi connectivity index (χ4n) is 1.29. The first-order valence-corrected chi connectivity index (χ1v) is 6.46. The number of halogens is 3. The van der Waals surface area contributed by atoms with Gasteiger partial charge in [-0.25, -0.2) is 5.84 Å². The predicted octanol–water partition coefficient (Wildman–Crippen LogP) is 2.81. The summed E-state index contributed by atoms with van der Waals surface area (Å²) in [6.45, 7) is 3.35. The number of amides is 1. The van der Waals surface area contributed by atoms with E-state index in [0.29, 0.717) is 10.6 Å². The van der Waals surface area contributed by atoms with Gasteiger partial charge in [-0.15, -0.1) is 11.8 Å². The third-order valence-electron chi connectivity index (χ3n) is 2.51. The zero-order valence-electron chi connectivity index (χ0n) is 10.5. The Morgan fingerprint density at radius 2 is 2.00 bits per heavy atom. The normalized spacial score (nSPS) is 12.3. The number of carbonyl (C=O) groups excluding carboxylic acids is 1. The second kappa shape index (κ2) is 5.83. The van der Waals surface area contributed by atoms with Gasteiger partial charge in [0.2, 0.25) is 5.91 Å². The number of carbonyl (C=O) groups is 1. The molecule has 106 valence electrons. The summed E-state index contributed by atoms with van der Waals surface area (Å²) in [7, 11) is 0. The molecule has 0 spiro atoms. The summed E-state index contributed by atoms with van der Waals surface area (Å²) in [5, 5.41) is 0. The highest BCUT2D eigenvalue weighted by atomic mass is 32.2. The third-order valence-corrected chi connectivity index (χ3v) is 3.96. The first-order valence-electron chi connectivity index (χ1n) is 5.48. The topological polar surface area (TPSA) is 55.1 Å². The molecule has 7 heteroatoms. The number of thioether (sulfide) groups is 1. The van der Waals surface area contributed by atoms with Crippen molar-refractivity contribution in [1.29, 1.82) is 0 Å². The molecule has 0 unspecified atom stereocenters. The second-order valence-corrected chi connectivity index (χ2v) is 5.72. The number of hydrogen-bond donors (Lipinski definition) is 2. The number of hydrazine groups is 1. The highest BCUT2D eigenvalue weighted by Crippen LogP contribution is 2.33. The molecule has 0 aromatic heterocycles. The molecule has 0 saturated heterocycles. The van der Waals surface area contributed by atoms with E-state index in [4.69, 9.17) is 5.84 Å². The predicted molar refractivity (Wildman–Crippen MR) is 68.3 cm³/mol. The summed E-state index contributed by atoms with van der Waals surface area (Å²) in [4.78, 5) is 11.9. The molecule has 3 N–H and O–H groups in total. The number of alkyl halides is 3. The SMILES string of the molecule is CC(C)(CSc1cccc(C(F)(F)F)c1)C(=O)NN. The Balaban J connectivity index is 2.77. The second-order valence-electron chi connectivity index (χ2n) is 4.67. The quantitative estimate of drug-likeness (QED) is 0.388. The van der Waals surface area contributed by atoms with Crippen LogP contribution >= 0.6 is 11.8 Å². The van der Waals surface area contributed by atoms with Crippen LogP contribution in [-0.4, -0.2) is 11.7 Å². The molecular formula is C12H15F3N2OS. The highest BCUT2D eigenvalue weighted by molar-refractivity contribution is 7.99. The van der Waals surface area contributed by atoms with Gasteiger partial charge in [0.05, 0.1) is 11.0 Å². The molecule has 0 aliphatic heterocycles. The Kier molecular flexibility index (Phi) is 4.86. The maximum Gasteiger partial charge on any atom is 0.416 e. The summed E-state index contributed by atoms with van der Waals surface area (Å²) >= 11 is 1.18. The molecular weight excluding hydrogens is 277 g/mol. The molecule has 0 radical (unpaired) electrons. The first kappa shape index (κ1) is 15.8. The Hall–Kier alpha value is -1.21. The van der Waals surface area contributed by atoms with Crippen LogP contribution in [0.1, 0.15) is 19.4 Å². The van der Waals surface area contributed by atoms with Crippen molar-refractivity contribution in [3.63, 3.8) is 0 Å². The average Bonchev–Trinajstić information content (AvgIpc) is 2.35. The maximum atomic E-state index is 12.5. The average molecular weight is 292 g/mol. The van der Waals surface area contributed by atoms with Gasteiger partial charge in [-0.1, -0.05) is 19.9 Å². The van der Waals surface area contributed by atoms with E-state index in [1.54, 1.807) is 19.9 Å². The maximum absolute atomic E-state index is 12.5.